The molecular formula is C21H27N5O2. The van der Waals surface area contributed by atoms with E-state index in [0.29, 0.717) is 5.82 Å². The van der Waals surface area contributed by atoms with Crippen LogP contribution in [0.2, 0.25) is 0 Å². The Bertz CT molecular complexity index is 912. The number of hydrogen-bond acceptors (Lipinski definition) is 6. The van der Waals surface area contributed by atoms with E-state index in [-0.39, 0.29) is 33.3 Å². The number of aryl methyl sites for hydroxylation is 1. The SMILES string of the molecule is Cc1ccc(Nc2ncnc(N3CC4(C)CC3CC(C)(C)C4)c2[N+](=O)[O-])cc1. The molecule has 0 spiro atoms. The van der Waals surface area contributed by atoms with Crippen molar-refractivity contribution in [1.29, 1.82) is 0 Å². The van der Waals surface area contributed by atoms with Gasteiger partial charge in [-0.15, -0.1) is 0 Å². The van der Waals surface area contributed by atoms with Crippen molar-refractivity contribution in [1.82, 2.24) is 9.97 Å². The first-order valence-corrected chi connectivity index (χ1v) is 9.76. The number of rotatable bonds is 4. The topological polar surface area (TPSA) is 84.2 Å². The zero-order valence-electron chi connectivity index (χ0n) is 16.9. The first kappa shape index (κ1) is 18.7. The Morgan fingerprint density at radius 3 is 2.57 bits per heavy atom. The molecule has 2 unspecified atom stereocenters. The summed E-state index contributed by atoms with van der Waals surface area (Å²) in [5.41, 5.74) is 2.25. The molecule has 7 nitrogen and oxygen atoms in total. The van der Waals surface area contributed by atoms with Crippen LogP contribution in [0.5, 0.6) is 0 Å². The van der Waals surface area contributed by atoms with E-state index in [4.69, 9.17) is 0 Å². The summed E-state index contributed by atoms with van der Waals surface area (Å²) in [4.78, 5) is 22.4. The standard InChI is InChI=1S/C21H27N5O2/c1-14-5-7-15(8-6-14)24-18-17(26(27)28)19(23-13-22-18)25-12-21(4)10-16(25)9-20(2,3)11-21/h5-8,13,16H,9-12H2,1-4H3,(H,22,23,24). The molecule has 0 amide bonds. The number of nitrogens with zero attached hydrogens (tertiary/aromatic N) is 4. The summed E-state index contributed by atoms with van der Waals surface area (Å²) < 4.78 is 0. The maximum absolute atomic E-state index is 12.0. The van der Waals surface area contributed by atoms with Crippen LogP contribution in [0.1, 0.15) is 45.6 Å². The maximum Gasteiger partial charge on any atom is 0.353 e. The lowest BCUT2D eigenvalue weighted by Crippen LogP contribution is -2.35. The van der Waals surface area contributed by atoms with Crippen LogP contribution in [0.4, 0.5) is 23.0 Å². The van der Waals surface area contributed by atoms with Crippen molar-refractivity contribution < 1.29 is 4.92 Å². The van der Waals surface area contributed by atoms with E-state index in [1.54, 1.807) is 0 Å². The zero-order valence-corrected chi connectivity index (χ0v) is 16.9. The van der Waals surface area contributed by atoms with Gasteiger partial charge in [0.05, 0.1) is 4.92 Å². The molecule has 2 bridgehead atoms. The molecule has 1 aliphatic heterocycles. The van der Waals surface area contributed by atoms with Gasteiger partial charge in [-0.25, -0.2) is 9.97 Å². The van der Waals surface area contributed by atoms with Gasteiger partial charge in [0, 0.05) is 18.3 Å². The normalized spacial score (nSPS) is 25.6. The van der Waals surface area contributed by atoms with E-state index < -0.39 is 0 Å². The molecule has 1 aromatic heterocycles. The predicted molar refractivity (Wildman–Crippen MR) is 110 cm³/mol. The molecule has 1 saturated carbocycles. The molecular weight excluding hydrogens is 354 g/mol. The fourth-order valence-electron chi connectivity index (χ4n) is 5.32. The van der Waals surface area contributed by atoms with Crippen molar-refractivity contribution in [2.24, 2.45) is 10.8 Å². The third-order valence-corrected chi connectivity index (χ3v) is 5.99. The second kappa shape index (κ2) is 6.43. The molecule has 2 fully saturated rings. The number of fused-ring (bicyclic) bond motifs is 2. The number of nitro groups is 1. The minimum absolute atomic E-state index is 0.0444. The molecule has 1 saturated heterocycles. The number of benzene rings is 1. The average Bonchev–Trinajstić information content (AvgIpc) is 2.85. The predicted octanol–water partition coefficient (Wildman–Crippen LogP) is 4.84. The van der Waals surface area contributed by atoms with E-state index in [1.807, 2.05) is 31.2 Å². The van der Waals surface area contributed by atoms with Gasteiger partial charge in [0.1, 0.15) is 6.33 Å². The second-order valence-corrected chi connectivity index (χ2v) is 9.48. The Kier molecular flexibility index (Phi) is 4.28. The van der Waals surface area contributed by atoms with Gasteiger partial charge in [0.2, 0.25) is 11.6 Å². The molecule has 0 radical (unpaired) electrons. The van der Waals surface area contributed by atoms with Gasteiger partial charge in [0.15, 0.2) is 0 Å². The van der Waals surface area contributed by atoms with Crippen LogP contribution in [0.25, 0.3) is 0 Å². The largest absolute Gasteiger partial charge is 0.353 e. The first-order valence-electron chi connectivity index (χ1n) is 9.76. The Balaban J connectivity index is 1.72. The molecule has 2 aromatic rings. The van der Waals surface area contributed by atoms with Gasteiger partial charge in [-0.3, -0.25) is 10.1 Å². The molecule has 2 atom stereocenters. The minimum Gasteiger partial charge on any atom is -0.347 e. The van der Waals surface area contributed by atoms with Crippen molar-refractivity contribution in [2.45, 2.75) is 53.0 Å². The van der Waals surface area contributed by atoms with E-state index in [0.717, 1.165) is 37.1 Å². The van der Waals surface area contributed by atoms with Crippen LogP contribution in [0, 0.1) is 27.9 Å². The summed E-state index contributed by atoms with van der Waals surface area (Å²) in [5, 5.41) is 15.1. The molecule has 28 heavy (non-hydrogen) atoms. The van der Waals surface area contributed by atoms with Gasteiger partial charge in [-0.2, -0.15) is 0 Å². The van der Waals surface area contributed by atoms with E-state index >= 15 is 0 Å². The fourth-order valence-corrected chi connectivity index (χ4v) is 5.32. The summed E-state index contributed by atoms with van der Waals surface area (Å²) in [7, 11) is 0. The van der Waals surface area contributed by atoms with E-state index in [9.17, 15) is 10.1 Å². The lowest BCUT2D eigenvalue weighted by atomic mass is 9.65. The summed E-state index contributed by atoms with van der Waals surface area (Å²) in [6.45, 7) is 9.67. The molecule has 2 aliphatic rings. The van der Waals surface area contributed by atoms with Gasteiger partial charge in [-0.05, 0) is 49.1 Å². The van der Waals surface area contributed by atoms with Crippen molar-refractivity contribution in [2.75, 3.05) is 16.8 Å². The molecule has 2 heterocycles. The Morgan fingerprint density at radius 2 is 1.89 bits per heavy atom. The summed E-state index contributed by atoms with van der Waals surface area (Å²) in [5.74, 6) is 0.672. The lowest BCUT2D eigenvalue weighted by Gasteiger charge is -2.39. The second-order valence-electron chi connectivity index (χ2n) is 9.48. The van der Waals surface area contributed by atoms with Crippen LogP contribution in [0.15, 0.2) is 30.6 Å². The van der Waals surface area contributed by atoms with Crippen molar-refractivity contribution in [3.05, 3.63) is 46.3 Å². The van der Waals surface area contributed by atoms with Gasteiger partial charge in [-0.1, -0.05) is 38.5 Å². The Morgan fingerprint density at radius 1 is 1.18 bits per heavy atom. The van der Waals surface area contributed by atoms with Gasteiger partial charge >= 0.3 is 5.69 Å². The van der Waals surface area contributed by atoms with Crippen LogP contribution < -0.4 is 10.2 Å². The number of aromatic nitrogens is 2. The van der Waals surface area contributed by atoms with E-state index in [1.165, 1.54) is 6.33 Å². The van der Waals surface area contributed by atoms with Crippen LogP contribution in [-0.4, -0.2) is 27.5 Å². The molecule has 148 valence electrons. The smallest absolute Gasteiger partial charge is 0.347 e. The van der Waals surface area contributed by atoms with E-state index in [2.05, 4.69) is 41.0 Å². The highest BCUT2D eigenvalue weighted by Gasteiger charge is 2.51. The zero-order chi connectivity index (χ0) is 20.1. The minimum atomic E-state index is -0.360. The van der Waals surface area contributed by atoms with Crippen LogP contribution in [-0.2, 0) is 0 Å². The quantitative estimate of drug-likeness (QED) is 0.602. The Hall–Kier alpha value is -2.70. The number of hydrogen-bond donors (Lipinski definition) is 1. The van der Waals surface area contributed by atoms with Crippen LogP contribution >= 0.6 is 0 Å². The third kappa shape index (κ3) is 3.41. The summed E-state index contributed by atoms with van der Waals surface area (Å²) in [6, 6.07) is 7.99. The number of anilines is 3. The lowest BCUT2D eigenvalue weighted by molar-refractivity contribution is -0.383. The van der Waals surface area contributed by atoms with Crippen LogP contribution in [0.3, 0.4) is 0 Å². The summed E-state index contributed by atoms with van der Waals surface area (Å²) in [6.07, 6.45) is 4.62. The first-order chi connectivity index (χ1) is 13.2. The highest BCUT2D eigenvalue weighted by molar-refractivity contribution is 5.75. The average molecular weight is 381 g/mol. The molecule has 1 N–H and O–H groups in total. The molecule has 7 heteroatoms. The van der Waals surface area contributed by atoms with Crippen molar-refractivity contribution in [3.8, 4) is 0 Å². The fraction of sp³-hybridized carbons (Fsp3) is 0.524. The highest BCUT2D eigenvalue weighted by atomic mass is 16.6. The number of nitrogens with one attached hydrogen (secondary N) is 1. The summed E-state index contributed by atoms with van der Waals surface area (Å²) >= 11 is 0. The maximum atomic E-state index is 12.0. The third-order valence-electron chi connectivity index (χ3n) is 5.99. The monoisotopic (exact) mass is 381 g/mol. The molecule has 4 rings (SSSR count). The molecule has 1 aliphatic carbocycles. The van der Waals surface area contributed by atoms with Crippen molar-refractivity contribution >= 4 is 23.0 Å². The highest BCUT2D eigenvalue weighted by Crippen LogP contribution is 2.54. The van der Waals surface area contributed by atoms with Gasteiger partial charge in [0.25, 0.3) is 0 Å². The van der Waals surface area contributed by atoms with Gasteiger partial charge < -0.3 is 10.2 Å². The Labute approximate surface area is 165 Å². The van der Waals surface area contributed by atoms with Crippen molar-refractivity contribution in [3.63, 3.8) is 0 Å². The molecule has 1 aromatic carbocycles.